The van der Waals surface area contributed by atoms with Crippen LogP contribution in [0, 0.1) is 12.3 Å². The summed E-state index contributed by atoms with van der Waals surface area (Å²) in [5.74, 6) is 2.46. The number of benzene rings is 1. The zero-order valence-corrected chi connectivity index (χ0v) is 10.8. The lowest BCUT2D eigenvalue weighted by Crippen LogP contribution is -2.27. The predicted molar refractivity (Wildman–Crippen MR) is 69.2 cm³/mol. The van der Waals surface area contributed by atoms with Crippen LogP contribution in [0.1, 0.15) is 26.3 Å². The van der Waals surface area contributed by atoms with Gasteiger partial charge in [0.1, 0.15) is 5.60 Å². The minimum absolute atomic E-state index is 0.467. The first kappa shape index (κ1) is 13.4. The van der Waals surface area contributed by atoms with Gasteiger partial charge in [-0.05, 0) is 39.0 Å². The summed E-state index contributed by atoms with van der Waals surface area (Å²) in [5.41, 5.74) is 0.466. The SMILES string of the molecule is C#Cc1ccc(Cl)cc1NC(=O)OC(C)(C)C. The molecular weight excluding hydrogens is 238 g/mol. The molecule has 0 spiro atoms. The Bertz CT molecular complexity index is 469. The molecule has 0 atom stereocenters. The summed E-state index contributed by atoms with van der Waals surface area (Å²) in [6.07, 6.45) is 4.76. The number of anilines is 1. The van der Waals surface area contributed by atoms with E-state index < -0.39 is 11.7 Å². The van der Waals surface area contributed by atoms with Gasteiger partial charge in [0.25, 0.3) is 0 Å². The van der Waals surface area contributed by atoms with Gasteiger partial charge in [-0.15, -0.1) is 6.42 Å². The number of nitrogens with one attached hydrogen (secondary N) is 1. The maximum atomic E-state index is 11.6. The maximum Gasteiger partial charge on any atom is 0.412 e. The van der Waals surface area contributed by atoms with Crippen LogP contribution in [0.15, 0.2) is 18.2 Å². The van der Waals surface area contributed by atoms with Crippen LogP contribution in [0.3, 0.4) is 0 Å². The molecule has 1 aromatic carbocycles. The molecule has 0 aliphatic heterocycles. The van der Waals surface area contributed by atoms with Gasteiger partial charge < -0.3 is 4.74 Å². The van der Waals surface area contributed by atoms with E-state index in [0.717, 1.165) is 0 Å². The monoisotopic (exact) mass is 251 g/mol. The van der Waals surface area contributed by atoms with Gasteiger partial charge in [-0.2, -0.15) is 0 Å². The van der Waals surface area contributed by atoms with E-state index >= 15 is 0 Å². The molecule has 3 nitrogen and oxygen atoms in total. The van der Waals surface area contributed by atoms with Gasteiger partial charge in [0.05, 0.1) is 5.69 Å². The van der Waals surface area contributed by atoms with Crippen molar-refractivity contribution in [3.63, 3.8) is 0 Å². The Balaban J connectivity index is 2.85. The lowest BCUT2D eigenvalue weighted by atomic mass is 10.2. The Morgan fingerprint density at radius 3 is 2.65 bits per heavy atom. The number of carbonyl (C=O) groups is 1. The average molecular weight is 252 g/mol. The van der Waals surface area contributed by atoms with Crippen molar-refractivity contribution < 1.29 is 9.53 Å². The van der Waals surface area contributed by atoms with Crippen LogP contribution in [0.5, 0.6) is 0 Å². The quantitative estimate of drug-likeness (QED) is 0.774. The molecule has 0 aromatic heterocycles. The molecule has 0 saturated heterocycles. The largest absolute Gasteiger partial charge is 0.444 e. The van der Waals surface area contributed by atoms with E-state index in [1.165, 1.54) is 0 Å². The predicted octanol–water partition coefficient (Wildman–Crippen LogP) is 3.67. The topological polar surface area (TPSA) is 38.3 Å². The van der Waals surface area contributed by atoms with Crippen molar-refractivity contribution >= 4 is 23.4 Å². The zero-order valence-electron chi connectivity index (χ0n) is 10.0. The second-order valence-electron chi connectivity index (χ2n) is 4.46. The van der Waals surface area contributed by atoms with Crippen LogP contribution in [-0.2, 0) is 4.74 Å². The van der Waals surface area contributed by atoms with Gasteiger partial charge in [0.15, 0.2) is 0 Å². The molecule has 0 saturated carbocycles. The Kier molecular flexibility index (Phi) is 4.03. The number of hydrogen-bond donors (Lipinski definition) is 1. The zero-order chi connectivity index (χ0) is 13.1. The molecule has 17 heavy (non-hydrogen) atoms. The molecule has 0 aliphatic rings. The van der Waals surface area contributed by atoms with Gasteiger partial charge in [0.2, 0.25) is 0 Å². The number of hydrogen-bond acceptors (Lipinski definition) is 2. The molecule has 0 unspecified atom stereocenters. The third kappa shape index (κ3) is 4.38. The second-order valence-corrected chi connectivity index (χ2v) is 4.90. The minimum Gasteiger partial charge on any atom is -0.444 e. The van der Waals surface area contributed by atoms with Gasteiger partial charge in [-0.25, -0.2) is 4.79 Å². The number of rotatable bonds is 1. The first-order valence-electron chi connectivity index (χ1n) is 5.08. The van der Waals surface area contributed by atoms with E-state index in [0.29, 0.717) is 16.3 Å². The van der Waals surface area contributed by atoms with Crippen LogP contribution in [0.4, 0.5) is 10.5 Å². The number of amides is 1. The molecule has 1 amide bonds. The second kappa shape index (κ2) is 5.11. The molecule has 0 radical (unpaired) electrons. The average Bonchev–Trinajstić information content (AvgIpc) is 2.14. The highest BCUT2D eigenvalue weighted by Gasteiger charge is 2.17. The summed E-state index contributed by atoms with van der Waals surface area (Å²) in [6, 6.07) is 4.91. The highest BCUT2D eigenvalue weighted by Crippen LogP contribution is 2.21. The van der Waals surface area contributed by atoms with Gasteiger partial charge >= 0.3 is 6.09 Å². The third-order valence-electron chi connectivity index (χ3n) is 1.77. The maximum absolute atomic E-state index is 11.6. The van der Waals surface area contributed by atoms with Crippen LogP contribution in [0.25, 0.3) is 0 Å². The fourth-order valence-corrected chi connectivity index (χ4v) is 1.33. The van der Waals surface area contributed by atoms with Gasteiger partial charge in [-0.3, -0.25) is 5.32 Å². The van der Waals surface area contributed by atoms with E-state index in [1.54, 1.807) is 39.0 Å². The molecule has 0 aliphatic carbocycles. The van der Waals surface area contributed by atoms with Gasteiger partial charge in [-0.1, -0.05) is 17.5 Å². The minimum atomic E-state index is -0.559. The summed E-state index contributed by atoms with van der Waals surface area (Å²) >= 11 is 5.83. The van der Waals surface area contributed by atoms with Crippen molar-refractivity contribution in [2.75, 3.05) is 5.32 Å². The number of carbonyl (C=O) groups excluding carboxylic acids is 1. The van der Waals surface area contributed by atoms with Crippen LogP contribution in [-0.4, -0.2) is 11.7 Å². The standard InChI is InChI=1S/C13H14ClNO2/c1-5-9-6-7-10(14)8-11(9)15-12(16)17-13(2,3)4/h1,6-8H,2-4H3,(H,15,16). The van der Waals surface area contributed by atoms with E-state index in [1.807, 2.05) is 0 Å². The Labute approximate surface area is 106 Å². The molecule has 1 rings (SSSR count). The molecule has 0 fully saturated rings. The lowest BCUT2D eigenvalue weighted by molar-refractivity contribution is 0.0636. The first-order valence-corrected chi connectivity index (χ1v) is 5.46. The lowest BCUT2D eigenvalue weighted by Gasteiger charge is -2.20. The van der Waals surface area contributed by atoms with E-state index in [2.05, 4.69) is 11.2 Å². The molecule has 0 bridgehead atoms. The molecule has 0 heterocycles. The molecule has 90 valence electrons. The molecule has 4 heteroatoms. The summed E-state index contributed by atoms with van der Waals surface area (Å²) in [7, 11) is 0. The van der Waals surface area contributed by atoms with E-state index in [4.69, 9.17) is 22.8 Å². The van der Waals surface area contributed by atoms with Crippen molar-refractivity contribution in [1.82, 2.24) is 0 Å². The first-order chi connectivity index (χ1) is 7.81. The fraction of sp³-hybridized carbons (Fsp3) is 0.308. The smallest absolute Gasteiger partial charge is 0.412 e. The summed E-state index contributed by atoms with van der Waals surface area (Å²) < 4.78 is 5.12. The number of ether oxygens (including phenoxy) is 1. The van der Waals surface area contributed by atoms with Crippen molar-refractivity contribution in [2.24, 2.45) is 0 Å². The van der Waals surface area contributed by atoms with Crippen molar-refractivity contribution in [2.45, 2.75) is 26.4 Å². The van der Waals surface area contributed by atoms with Crippen molar-refractivity contribution in [1.29, 1.82) is 0 Å². The summed E-state index contributed by atoms with van der Waals surface area (Å²) in [4.78, 5) is 11.6. The molecule has 1 N–H and O–H groups in total. The fourth-order valence-electron chi connectivity index (χ4n) is 1.16. The Morgan fingerprint density at radius 1 is 1.47 bits per heavy atom. The van der Waals surface area contributed by atoms with Crippen molar-refractivity contribution in [3.05, 3.63) is 28.8 Å². The van der Waals surface area contributed by atoms with Gasteiger partial charge in [0, 0.05) is 10.6 Å². The molecular formula is C13H14ClNO2. The molecule has 1 aromatic rings. The highest BCUT2D eigenvalue weighted by atomic mass is 35.5. The highest BCUT2D eigenvalue weighted by molar-refractivity contribution is 6.31. The van der Waals surface area contributed by atoms with E-state index in [9.17, 15) is 4.79 Å². The summed E-state index contributed by atoms with van der Waals surface area (Å²) in [5, 5.41) is 3.07. The number of halogens is 1. The van der Waals surface area contributed by atoms with Crippen LogP contribution in [0.2, 0.25) is 5.02 Å². The normalized spacial score (nSPS) is 10.5. The van der Waals surface area contributed by atoms with Crippen LogP contribution >= 0.6 is 11.6 Å². The summed E-state index contributed by atoms with van der Waals surface area (Å²) in [6.45, 7) is 5.35. The van der Waals surface area contributed by atoms with Crippen molar-refractivity contribution in [3.8, 4) is 12.3 Å². The van der Waals surface area contributed by atoms with Crippen LogP contribution < -0.4 is 5.32 Å². The third-order valence-corrected chi connectivity index (χ3v) is 2.01. The van der Waals surface area contributed by atoms with E-state index in [-0.39, 0.29) is 0 Å². The number of terminal acetylenes is 1. The Morgan fingerprint density at radius 2 is 2.12 bits per heavy atom. The Hall–Kier alpha value is -1.66.